The summed E-state index contributed by atoms with van der Waals surface area (Å²) in [5, 5.41) is 11.0. The first-order valence-electron chi connectivity index (χ1n) is 10.2. The number of rotatable bonds is 6. The summed E-state index contributed by atoms with van der Waals surface area (Å²) < 4.78 is 0. The fourth-order valence-corrected chi connectivity index (χ4v) is 6.16. The van der Waals surface area contributed by atoms with Crippen LogP contribution in [-0.4, -0.2) is 28.2 Å². The Morgan fingerprint density at radius 2 is 2.13 bits per heavy atom. The predicted octanol–water partition coefficient (Wildman–Crippen LogP) is 5.16. The number of aryl methyl sites for hydroxylation is 2. The summed E-state index contributed by atoms with van der Waals surface area (Å²) >= 11 is 3.25. The second-order valence-corrected chi connectivity index (χ2v) is 9.84. The van der Waals surface area contributed by atoms with Crippen molar-refractivity contribution < 1.29 is 4.79 Å². The molecular weight excluding hydrogens is 412 g/mol. The van der Waals surface area contributed by atoms with E-state index in [1.54, 1.807) is 22.6 Å². The molecule has 30 heavy (non-hydrogen) atoms. The molecule has 0 fully saturated rings. The number of thiophene rings is 1. The molecule has 0 N–H and O–H groups in total. The molecule has 1 aliphatic rings. The van der Waals surface area contributed by atoms with E-state index in [1.807, 2.05) is 31.2 Å². The van der Waals surface area contributed by atoms with E-state index < -0.39 is 0 Å². The quantitative estimate of drug-likeness (QED) is 0.394. The van der Waals surface area contributed by atoms with Gasteiger partial charge in [-0.15, -0.1) is 11.3 Å². The maximum atomic E-state index is 13.1. The molecule has 4 rings (SSSR count). The average molecular weight is 437 g/mol. The minimum atomic E-state index is -0.0106. The molecule has 7 heteroatoms. The molecule has 0 saturated carbocycles. The Hall–Kier alpha value is -2.43. The number of carbonyl (C=O) groups is 1. The average Bonchev–Trinajstić information content (AvgIpc) is 3.11. The highest BCUT2D eigenvalue weighted by molar-refractivity contribution is 8.00. The van der Waals surface area contributed by atoms with Crippen LogP contribution in [0.1, 0.15) is 35.8 Å². The van der Waals surface area contributed by atoms with Crippen LogP contribution in [0.3, 0.4) is 0 Å². The topological polar surface area (TPSA) is 69.9 Å². The number of anilines is 1. The lowest BCUT2D eigenvalue weighted by Crippen LogP contribution is -2.33. The van der Waals surface area contributed by atoms with Gasteiger partial charge in [-0.05, 0) is 49.8 Å². The monoisotopic (exact) mass is 436 g/mol. The number of amides is 1. The molecule has 0 spiro atoms. The first-order valence-corrected chi connectivity index (χ1v) is 12.0. The summed E-state index contributed by atoms with van der Waals surface area (Å²) in [4.78, 5) is 26.2. The second-order valence-electron chi connectivity index (χ2n) is 7.79. The van der Waals surface area contributed by atoms with Crippen LogP contribution in [0, 0.1) is 24.2 Å². The lowest BCUT2D eigenvalue weighted by atomic mass is 9.89. The first kappa shape index (κ1) is 20.8. The number of aromatic nitrogens is 2. The third-order valence-corrected chi connectivity index (χ3v) is 7.62. The molecule has 1 amide bonds. The van der Waals surface area contributed by atoms with Gasteiger partial charge in [-0.2, -0.15) is 5.26 Å². The van der Waals surface area contributed by atoms with E-state index >= 15 is 0 Å². The standard InChI is InChI=1S/C23H24N4OS2/c1-15-4-7-17(8-5-15)27(11-3-10-24)20(28)13-29-22-21-18-9-6-16(2)12-19(18)30-23(21)26-14-25-22/h4-5,7-8,14,16H,3,6,9,11-13H2,1-2H3/t16-/m0/s1. The number of carbonyl (C=O) groups excluding carboxylic acids is 1. The predicted molar refractivity (Wildman–Crippen MR) is 123 cm³/mol. The minimum Gasteiger partial charge on any atom is -0.311 e. The van der Waals surface area contributed by atoms with E-state index in [9.17, 15) is 4.79 Å². The van der Waals surface area contributed by atoms with Crippen molar-refractivity contribution in [2.45, 2.75) is 44.6 Å². The van der Waals surface area contributed by atoms with Crippen LogP contribution >= 0.6 is 23.1 Å². The van der Waals surface area contributed by atoms with Crippen LogP contribution in [0.4, 0.5) is 5.69 Å². The first-order chi connectivity index (χ1) is 14.6. The normalized spacial score (nSPS) is 15.6. The van der Waals surface area contributed by atoms with Gasteiger partial charge in [0.15, 0.2) is 0 Å². The molecular formula is C23H24N4OS2. The SMILES string of the molecule is Cc1ccc(N(CCC#N)C(=O)CSc2ncnc3sc4c(c23)CC[C@H](C)C4)cc1. The van der Waals surface area contributed by atoms with E-state index in [-0.39, 0.29) is 11.7 Å². The fourth-order valence-electron chi connectivity index (χ4n) is 3.85. The smallest absolute Gasteiger partial charge is 0.237 e. The van der Waals surface area contributed by atoms with E-state index in [0.29, 0.717) is 18.9 Å². The molecule has 0 unspecified atom stereocenters. The Bertz CT molecular complexity index is 1100. The van der Waals surface area contributed by atoms with Crippen LogP contribution in [0.25, 0.3) is 10.2 Å². The molecule has 0 radical (unpaired) electrons. The van der Waals surface area contributed by atoms with Crippen molar-refractivity contribution in [2.24, 2.45) is 5.92 Å². The van der Waals surface area contributed by atoms with Crippen LogP contribution in [-0.2, 0) is 17.6 Å². The zero-order chi connectivity index (χ0) is 21.1. The number of benzene rings is 1. The molecule has 154 valence electrons. The third-order valence-electron chi connectivity index (χ3n) is 5.48. The summed E-state index contributed by atoms with van der Waals surface area (Å²) in [6.07, 6.45) is 5.26. The van der Waals surface area contributed by atoms with E-state index in [0.717, 1.165) is 39.3 Å². The van der Waals surface area contributed by atoms with Gasteiger partial charge < -0.3 is 4.90 Å². The molecule has 2 heterocycles. The molecule has 0 bridgehead atoms. The van der Waals surface area contributed by atoms with Gasteiger partial charge in [0.05, 0.1) is 18.2 Å². The molecule has 0 aliphatic heterocycles. The summed E-state index contributed by atoms with van der Waals surface area (Å²) in [6, 6.07) is 10.0. The van der Waals surface area contributed by atoms with Gasteiger partial charge in [0.2, 0.25) is 5.91 Å². The highest BCUT2D eigenvalue weighted by atomic mass is 32.2. The summed E-state index contributed by atoms with van der Waals surface area (Å²) in [5.41, 5.74) is 3.35. The summed E-state index contributed by atoms with van der Waals surface area (Å²) in [6.45, 7) is 4.71. The highest BCUT2D eigenvalue weighted by Crippen LogP contribution is 2.40. The lowest BCUT2D eigenvalue weighted by Gasteiger charge is -2.22. The number of hydrogen-bond donors (Lipinski definition) is 0. The minimum absolute atomic E-state index is 0.0106. The van der Waals surface area contributed by atoms with Gasteiger partial charge in [0.1, 0.15) is 16.2 Å². The Kier molecular flexibility index (Phi) is 6.35. The molecule has 2 aromatic heterocycles. The molecule has 1 aromatic carbocycles. The van der Waals surface area contributed by atoms with Crippen LogP contribution in [0.15, 0.2) is 35.6 Å². The van der Waals surface area contributed by atoms with Crippen molar-refractivity contribution in [3.05, 3.63) is 46.6 Å². The van der Waals surface area contributed by atoms with Crippen molar-refractivity contribution in [3.8, 4) is 6.07 Å². The van der Waals surface area contributed by atoms with E-state index in [1.165, 1.54) is 28.6 Å². The maximum absolute atomic E-state index is 13.1. The Morgan fingerprint density at radius 1 is 1.33 bits per heavy atom. The van der Waals surface area contributed by atoms with E-state index in [4.69, 9.17) is 5.26 Å². The van der Waals surface area contributed by atoms with Crippen LogP contribution < -0.4 is 4.90 Å². The number of thioether (sulfide) groups is 1. The molecule has 3 aromatic rings. The molecule has 0 saturated heterocycles. The van der Waals surface area contributed by atoms with Gasteiger partial charge in [0.25, 0.3) is 0 Å². The number of fused-ring (bicyclic) bond motifs is 3. The van der Waals surface area contributed by atoms with Crippen molar-refractivity contribution in [1.29, 1.82) is 5.26 Å². The van der Waals surface area contributed by atoms with Gasteiger partial charge in [-0.3, -0.25) is 4.79 Å². The maximum Gasteiger partial charge on any atom is 0.237 e. The van der Waals surface area contributed by atoms with Gasteiger partial charge in [-0.25, -0.2) is 9.97 Å². The summed E-state index contributed by atoms with van der Waals surface area (Å²) in [5.74, 6) is 0.981. The van der Waals surface area contributed by atoms with E-state index in [2.05, 4.69) is 23.0 Å². The van der Waals surface area contributed by atoms with Crippen LogP contribution in [0.5, 0.6) is 0 Å². The van der Waals surface area contributed by atoms with Gasteiger partial charge >= 0.3 is 0 Å². The number of nitrogens with zero attached hydrogens (tertiary/aromatic N) is 4. The zero-order valence-electron chi connectivity index (χ0n) is 17.2. The fraction of sp³-hybridized carbons (Fsp3) is 0.391. The van der Waals surface area contributed by atoms with Gasteiger partial charge in [0, 0.05) is 22.5 Å². The number of nitriles is 1. The Morgan fingerprint density at radius 3 is 2.90 bits per heavy atom. The van der Waals surface area contributed by atoms with Crippen molar-refractivity contribution in [1.82, 2.24) is 9.97 Å². The van der Waals surface area contributed by atoms with Gasteiger partial charge in [-0.1, -0.05) is 36.4 Å². The highest BCUT2D eigenvalue weighted by Gasteiger charge is 2.24. The largest absolute Gasteiger partial charge is 0.311 e. The van der Waals surface area contributed by atoms with Crippen LogP contribution in [0.2, 0.25) is 0 Å². The Balaban J connectivity index is 1.55. The molecule has 1 aliphatic carbocycles. The zero-order valence-corrected chi connectivity index (χ0v) is 18.9. The Labute approximate surface area is 185 Å². The second kappa shape index (κ2) is 9.15. The lowest BCUT2D eigenvalue weighted by molar-refractivity contribution is -0.116. The third kappa shape index (κ3) is 4.35. The number of hydrogen-bond acceptors (Lipinski definition) is 6. The molecule has 5 nitrogen and oxygen atoms in total. The molecule has 1 atom stereocenters. The summed E-state index contributed by atoms with van der Waals surface area (Å²) in [7, 11) is 0. The van der Waals surface area contributed by atoms with Crippen molar-refractivity contribution >= 4 is 44.9 Å². The van der Waals surface area contributed by atoms with Crippen molar-refractivity contribution in [3.63, 3.8) is 0 Å². The van der Waals surface area contributed by atoms with Crippen molar-refractivity contribution in [2.75, 3.05) is 17.2 Å².